The zero-order valence-electron chi connectivity index (χ0n) is 25.4. The molecule has 1 unspecified atom stereocenters. The summed E-state index contributed by atoms with van der Waals surface area (Å²) >= 11 is 0. The standard InChI is InChI=1S/C32H46F2N4O5/c1-4-6-11-32(41-13-14-42-32)12-10-28(38-31(40)36-3)30(39)43-29(21-37-20-23-9-7-8-22(5-2)15-23)27(35)18-24-16-25(33)19-26(34)17-24/h7-9,15-17,19,27-29,37H,4-6,10-14,18,20-21,35H2,1-3H3,(H2,36,38,40)/t27?,28-,29-/m1/s1. The second kappa shape index (κ2) is 17.2. The van der Waals surface area contributed by atoms with E-state index in [-0.39, 0.29) is 19.4 Å². The molecule has 2 aromatic carbocycles. The largest absolute Gasteiger partial charge is 0.458 e. The van der Waals surface area contributed by atoms with E-state index in [0.717, 1.165) is 30.9 Å². The van der Waals surface area contributed by atoms with Crippen LogP contribution in [0, 0.1) is 11.6 Å². The van der Waals surface area contributed by atoms with E-state index in [9.17, 15) is 18.4 Å². The molecule has 2 aromatic rings. The van der Waals surface area contributed by atoms with E-state index in [1.165, 1.54) is 24.7 Å². The maximum atomic E-state index is 13.9. The highest BCUT2D eigenvalue weighted by Gasteiger charge is 2.38. The molecule has 11 heteroatoms. The Morgan fingerprint density at radius 2 is 1.72 bits per heavy atom. The van der Waals surface area contributed by atoms with Gasteiger partial charge in [0.25, 0.3) is 0 Å². The Bertz CT molecular complexity index is 1160. The number of nitrogens with two attached hydrogens (primary N) is 1. The maximum Gasteiger partial charge on any atom is 0.329 e. The highest BCUT2D eigenvalue weighted by molar-refractivity contribution is 5.83. The normalized spacial score (nSPS) is 16.3. The van der Waals surface area contributed by atoms with E-state index in [2.05, 4.69) is 41.9 Å². The molecule has 9 nitrogen and oxygen atoms in total. The second-order valence-corrected chi connectivity index (χ2v) is 11.0. The number of unbranched alkanes of at least 4 members (excludes halogenated alkanes) is 1. The minimum absolute atomic E-state index is 0.0645. The fourth-order valence-corrected chi connectivity index (χ4v) is 5.16. The fraction of sp³-hybridized carbons (Fsp3) is 0.562. The van der Waals surface area contributed by atoms with E-state index < -0.39 is 47.6 Å². The third kappa shape index (κ3) is 11.1. The number of carbonyl (C=O) groups excluding carboxylic acids is 2. The third-order valence-corrected chi connectivity index (χ3v) is 7.57. The number of nitrogens with one attached hydrogen (secondary N) is 3. The molecule has 0 bridgehead atoms. The maximum absolute atomic E-state index is 13.9. The van der Waals surface area contributed by atoms with Crippen molar-refractivity contribution in [2.75, 3.05) is 26.8 Å². The quantitative estimate of drug-likeness (QED) is 0.201. The van der Waals surface area contributed by atoms with Crippen LogP contribution >= 0.6 is 0 Å². The van der Waals surface area contributed by atoms with Crippen molar-refractivity contribution in [3.63, 3.8) is 0 Å². The van der Waals surface area contributed by atoms with Crippen molar-refractivity contribution >= 4 is 12.0 Å². The molecular formula is C32H46F2N4O5. The average Bonchev–Trinajstić information content (AvgIpc) is 3.46. The molecule has 0 radical (unpaired) electrons. The third-order valence-electron chi connectivity index (χ3n) is 7.57. The van der Waals surface area contributed by atoms with E-state index in [0.29, 0.717) is 38.2 Å². The number of rotatable bonds is 17. The monoisotopic (exact) mass is 604 g/mol. The molecule has 1 aliphatic heterocycles. The molecule has 5 N–H and O–H groups in total. The van der Waals surface area contributed by atoms with Crippen molar-refractivity contribution in [1.29, 1.82) is 0 Å². The van der Waals surface area contributed by atoms with Crippen molar-refractivity contribution in [2.24, 2.45) is 5.73 Å². The Balaban J connectivity index is 1.75. The lowest BCUT2D eigenvalue weighted by atomic mass is 9.99. The van der Waals surface area contributed by atoms with Gasteiger partial charge in [-0.15, -0.1) is 0 Å². The predicted molar refractivity (Wildman–Crippen MR) is 160 cm³/mol. The molecule has 0 aliphatic carbocycles. The van der Waals surface area contributed by atoms with Gasteiger partial charge in [0.05, 0.1) is 13.2 Å². The van der Waals surface area contributed by atoms with Crippen molar-refractivity contribution in [3.8, 4) is 0 Å². The topological polar surface area (TPSA) is 124 Å². The van der Waals surface area contributed by atoms with Gasteiger partial charge >= 0.3 is 12.0 Å². The first-order valence-corrected chi connectivity index (χ1v) is 15.1. The summed E-state index contributed by atoms with van der Waals surface area (Å²) < 4.78 is 45.5. The molecule has 0 aromatic heterocycles. The molecule has 0 spiro atoms. The van der Waals surface area contributed by atoms with Crippen LogP contribution in [0.3, 0.4) is 0 Å². The van der Waals surface area contributed by atoms with Gasteiger partial charge in [-0.1, -0.05) is 44.5 Å². The molecule has 3 rings (SSSR count). The highest BCUT2D eigenvalue weighted by Crippen LogP contribution is 2.31. The highest BCUT2D eigenvalue weighted by atomic mass is 19.1. The summed E-state index contributed by atoms with van der Waals surface area (Å²) in [6.07, 6.45) is 3.21. The number of amides is 2. The summed E-state index contributed by atoms with van der Waals surface area (Å²) in [5.74, 6) is -2.92. The van der Waals surface area contributed by atoms with Crippen molar-refractivity contribution < 1.29 is 32.6 Å². The number of ether oxygens (including phenoxy) is 3. The molecule has 1 fully saturated rings. The van der Waals surface area contributed by atoms with Gasteiger partial charge in [-0.25, -0.2) is 18.4 Å². The molecule has 3 atom stereocenters. The van der Waals surface area contributed by atoms with Crippen molar-refractivity contribution in [1.82, 2.24) is 16.0 Å². The number of urea groups is 1. The minimum atomic E-state index is -1.01. The fourth-order valence-electron chi connectivity index (χ4n) is 5.16. The molecule has 238 valence electrons. The van der Waals surface area contributed by atoms with Crippen molar-refractivity contribution in [3.05, 3.63) is 70.8 Å². The first-order valence-electron chi connectivity index (χ1n) is 15.1. The SMILES string of the molecule is CCCCC1(CC[C@@H](NC(=O)NC)C(=O)O[C@H](CNCc2cccc(CC)c2)C(N)Cc2cc(F)cc(F)c2)OCCO1. The van der Waals surface area contributed by atoms with Crippen LogP contribution in [0.2, 0.25) is 0 Å². The average molecular weight is 605 g/mol. The van der Waals surface area contributed by atoms with E-state index in [4.69, 9.17) is 19.9 Å². The summed E-state index contributed by atoms with van der Waals surface area (Å²) in [4.78, 5) is 25.8. The number of hydrogen-bond donors (Lipinski definition) is 4. The molecule has 0 saturated carbocycles. The second-order valence-electron chi connectivity index (χ2n) is 11.0. The summed E-state index contributed by atoms with van der Waals surface area (Å²) in [5.41, 5.74) is 9.09. The van der Waals surface area contributed by atoms with Crippen molar-refractivity contribution in [2.45, 2.75) is 89.3 Å². The number of benzene rings is 2. The molecule has 1 heterocycles. The number of aryl methyl sites for hydroxylation is 1. The van der Waals surface area contributed by atoms with Gasteiger partial charge in [0.15, 0.2) is 5.79 Å². The Morgan fingerprint density at radius 3 is 2.37 bits per heavy atom. The van der Waals surface area contributed by atoms with E-state index in [1.54, 1.807) is 0 Å². The molecular weight excluding hydrogens is 558 g/mol. The van der Waals surface area contributed by atoms with Crippen LogP contribution in [0.25, 0.3) is 0 Å². The first-order chi connectivity index (χ1) is 20.7. The van der Waals surface area contributed by atoms with E-state index in [1.807, 2.05) is 12.1 Å². The molecule has 1 saturated heterocycles. The smallest absolute Gasteiger partial charge is 0.329 e. The minimum Gasteiger partial charge on any atom is -0.458 e. The van der Waals surface area contributed by atoms with Crippen LogP contribution in [-0.2, 0) is 38.4 Å². The summed E-state index contributed by atoms with van der Waals surface area (Å²) in [7, 11) is 1.46. The van der Waals surface area contributed by atoms with Crippen LogP contribution in [0.5, 0.6) is 0 Å². The van der Waals surface area contributed by atoms with Gasteiger partial charge in [-0.05, 0) is 54.5 Å². The number of hydrogen-bond acceptors (Lipinski definition) is 7. The van der Waals surface area contributed by atoms with Gasteiger partial charge in [-0.2, -0.15) is 0 Å². The Kier molecular flexibility index (Phi) is 13.8. The zero-order chi connectivity index (χ0) is 31.2. The number of esters is 1. The van der Waals surface area contributed by atoms with Gasteiger partial charge in [0.2, 0.25) is 0 Å². The van der Waals surface area contributed by atoms with Crippen LogP contribution in [0.4, 0.5) is 13.6 Å². The Morgan fingerprint density at radius 1 is 1.02 bits per heavy atom. The lowest BCUT2D eigenvalue weighted by Crippen LogP contribution is -2.51. The first kappa shape index (κ1) is 34.4. The van der Waals surface area contributed by atoms with Gasteiger partial charge < -0.3 is 35.9 Å². The summed E-state index contributed by atoms with van der Waals surface area (Å²) in [6, 6.07) is 8.99. The van der Waals surface area contributed by atoms with Crippen LogP contribution < -0.4 is 21.7 Å². The van der Waals surface area contributed by atoms with Gasteiger partial charge in [0, 0.05) is 45.1 Å². The summed E-state index contributed by atoms with van der Waals surface area (Å²) in [5, 5.41) is 8.45. The lowest BCUT2D eigenvalue weighted by Gasteiger charge is -2.30. The lowest BCUT2D eigenvalue weighted by molar-refractivity contribution is -0.171. The van der Waals surface area contributed by atoms with Crippen LogP contribution in [-0.4, -0.2) is 62.8 Å². The Labute approximate surface area is 253 Å². The Hall–Kier alpha value is -3.12. The zero-order valence-corrected chi connectivity index (χ0v) is 25.4. The number of carbonyl (C=O) groups is 2. The predicted octanol–water partition coefficient (Wildman–Crippen LogP) is 4.11. The van der Waals surface area contributed by atoms with Gasteiger partial charge in [0.1, 0.15) is 23.8 Å². The number of halogens is 2. The molecule has 2 amide bonds. The van der Waals surface area contributed by atoms with Crippen LogP contribution in [0.1, 0.15) is 62.6 Å². The van der Waals surface area contributed by atoms with E-state index >= 15 is 0 Å². The summed E-state index contributed by atoms with van der Waals surface area (Å²) in [6.45, 7) is 5.76. The van der Waals surface area contributed by atoms with Gasteiger partial charge in [-0.3, -0.25) is 0 Å². The molecule has 43 heavy (non-hydrogen) atoms. The van der Waals surface area contributed by atoms with Crippen LogP contribution in [0.15, 0.2) is 42.5 Å². The molecule has 1 aliphatic rings.